The van der Waals surface area contributed by atoms with E-state index in [9.17, 15) is 9.59 Å². The second-order valence-corrected chi connectivity index (χ2v) is 9.49. The molecule has 4 rings (SSSR count). The Labute approximate surface area is 140 Å². The second kappa shape index (κ2) is 5.07. The number of carbonyl (C=O) groups excluding carboxylic acids is 2. The summed E-state index contributed by atoms with van der Waals surface area (Å²) in [5.74, 6) is 3.36. The van der Waals surface area contributed by atoms with Gasteiger partial charge in [0, 0.05) is 18.4 Å². The predicted molar refractivity (Wildman–Crippen MR) is 89.7 cm³/mol. The van der Waals surface area contributed by atoms with Crippen LogP contribution < -0.4 is 5.32 Å². The number of nitrogens with one attached hydrogen (secondary N) is 1. The summed E-state index contributed by atoms with van der Waals surface area (Å²) in [5.41, 5.74) is 0.504. The highest BCUT2D eigenvalue weighted by atomic mass is 16.1. The van der Waals surface area contributed by atoms with Crippen molar-refractivity contribution in [3.8, 4) is 0 Å². The van der Waals surface area contributed by atoms with Crippen LogP contribution in [0.25, 0.3) is 0 Å². The standard InChI is InChI=1S/C20H31NO2/c1-12-10-16-20(3,9-7-17(23)21-16)15-6-8-19(2)13(11-22)4-5-14(19)18(12)15/h11-16,18H,4-10H2,1-3H3,(H,21,23). The second-order valence-electron chi connectivity index (χ2n) is 9.49. The van der Waals surface area contributed by atoms with Crippen molar-refractivity contribution in [3.05, 3.63) is 0 Å². The number of amides is 1. The van der Waals surface area contributed by atoms with Crippen molar-refractivity contribution in [2.24, 2.45) is 40.4 Å². The first kappa shape index (κ1) is 15.7. The molecule has 1 heterocycles. The fourth-order valence-corrected chi connectivity index (χ4v) is 7.31. The Kier molecular flexibility index (Phi) is 3.45. The normalized spacial score (nSPS) is 55.3. The number of carbonyl (C=O) groups is 2. The van der Waals surface area contributed by atoms with Crippen molar-refractivity contribution in [2.45, 2.75) is 71.8 Å². The van der Waals surface area contributed by atoms with Crippen LogP contribution in [0.2, 0.25) is 0 Å². The lowest BCUT2D eigenvalue weighted by molar-refractivity contribution is -0.145. The highest BCUT2D eigenvalue weighted by Gasteiger charge is 2.61. The van der Waals surface area contributed by atoms with Crippen LogP contribution in [0.4, 0.5) is 0 Å². The number of hydrogen-bond acceptors (Lipinski definition) is 2. The minimum Gasteiger partial charge on any atom is -0.353 e. The quantitative estimate of drug-likeness (QED) is 0.752. The third kappa shape index (κ3) is 2.01. The molecule has 3 nitrogen and oxygen atoms in total. The fourth-order valence-electron chi connectivity index (χ4n) is 7.31. The third-order valence-electron chi connectivity index (χ3n) is 8.70. The number of piperidine rings is 1. The maximum atomic E-state index is 11.9. The molecule has 0 aromatic heterocycles. The van der Waals surface area contributed by atoms with E-state index in [2.05, 4.69) is 26.1 Å². The highest BCUT2D eigenvalue weighted by Crippen LogP contribution is 2.66. The molecule has 0 aromatic carbocycles. The smallest absolute Gasteiger partial charge is 0.220 e. The van der Waals surface area contributed by atoms with Crippen LogP contribution in [0.3, 0.4) is 0 Å². The molecule has 128 valence electrons. The molecule has 23 heavy (non-hydrogen) atoms. The molecule has 1 amide bonds. The lowest BCUT2D eigenvalue weighted by Crippen LogP contribution is -2.63. The lowest BCUT2D eigenvalue weighted by Gasteiger charge is -2.62. The first-order chi connectivity index (χ1) is 10.9. The topological polar surface area (TPSA) is 46.2 Å². The van der Waals surface area contributed by atoms with Gasteiger partial charge in [0.15, 0.2) is 0 Å². The van der Waals surface area contributed by atoms with E-state index in [1.807, 2.05) is 0 Å². The van der Waals surface area contributed by atoms with Gasteiger partial charge in [-0.15, -0.1) is 0 Å². The molecule has 0 bridgehead atoms. The summed E-state index contributed by atoms with van der Waals surface area (Å²) >= 11 is 0. The molecule has 3 saturated carbocycles. The van der Waals surface area contributed by atoms with Gasteiger partial charge < -0.3 is 10.1 Å². The molecule has 0 radical (unpaired) electrons. The zero-order valence-electron chi connectivity index (χ0n) is 14.8. The van der Waals surface area contributed by atoms with Gasteiger partial charge in [-0.05, 0) is 73.0 Å². The van der Waals surface area contributed by atoms with Crippen LogP contribution >= 0.6 is 0 Å². The molecule has 8 atom stereocenters. The molecule has 1 aliphatic heterocycles. The molecule has 1 saturated heterocycles. The van der Waals surface area contributed by atoms with Crippen molar-refractivity contribution in [1.29, 1.82) is 0 Å². The van der Waals surface area contributed by atoms with Gasteiger partial charge in [-0.25, -0.2) is 0 Å². The van der Waals surface area contributed by atoms with E-state index in [-0.39, 0.29) is 22.7 Å². The summed E-state index contributed by atoms with van der Waals surface area (Å²) in [6.07, 6.45) is 8.90. The first-order valence-corrected chi connectivity index (χ1v) is 9.65. The van der Waals surface area contributed by atoms with Gasteiger partial charge in [0.2, 0.25) is 5.91 Å². The molecule has 8 unspecified atom stereocenters. The molecule has 0 spiro atoms. The summed E-state index contributed by atoms with van der Waals surface area (Å²) < 4.78 is 0. The summed E-state index contributed by atoms with van der Waals surface area (Å²) in [6, 6.07) is 0.368. The monoisotopic (exact) mass is 317 g/mol. The first-order valence-electron chi connectivity index (χ1n) is 9.65. The Morgan fingerprint density at radius 2 is 1.83 bits per heavy atom. The van der Waals surface area contributed by atoms with Crippen molar-refractivity contribution >= 4 is 12.2 Å². The molecule has 4 fully saturated rings. The Bertz CT molecular complexity index is 532. The average molecular weight is 317 g/mol. The molecule has 4 aliphatic rings. The molecule has 3 heteroatoms. The number of hydrogen-bond donors (Lipinski definition) is 1. The largest absolute Gasteiger partial charge is 0.353 e. The fraction of sp³-hybridized carbons (Fsp3) is 0.900. The van der Waals surface area contributed by atoms with Gasteiger partial charge in [0.05, 0.1) is 0 Å². The van der Waals surface area contributed by atoms with Crippen LogP contribution in [0, 0.1) is 40.4 Å². The molecule has 3 aliphatic carbocycles. The Hall–Kier alpha value is -0.860. The van der Waals surface area contributed by atoms with Gasteiger partial charge in [-0.3, -0.25) is 4.79 Å². The van der Waals surface area contributed by atoms with E-state index in [4.69, 9.17) is 0 Å². The zero-order valence-corrected chi connectivity index (χ0v) is 14.8. The predicted octanol–water partition coefficient (Wildman–Crippen LogP) is 3.57. The Morgan fingerprint density at radius 3 is 2.57 bits per heavy atom. The van der Waals surface area contributed by atoms with Crippen molar-refractivity contribution in [2.75, 3.05) is 0 Å². The molecule has 0 aromatic rings. The van der Waals surface area contributed by atoms with E-state index >= 15 is 0 Å². The summed E-state index contributed by atoms with van der Waals surface area (Å²) in [5, 5.41) is 3.32. The number of rotatable bonds is 1. The minimum absolute atomic E-state index is 0.234. The van der Waals surface area contributed by atoms with Gasteiger partial charge in [-0.2, -0.15) is 0 Å². The van der Waals surface area contributed by atoms with Gasteiger partial charge in [0.1, 0.15) is 6.29 Å². The summed E-state index contributed by atoms with van der Waals surface area (Å²) in [7, 11) is 0. The number of fused-ring (bicyclic) bond motifs is 5. The van der Waals surface area contributed by atoms with Gasteiger partial charge in [0.25, 0.3) is 0 Å². The third-order valence-corrected chi connectivity index (χ3v) is 8.70. The van der Waals surface area contributed by atoms with Crippen LogP contribution in [0.1, 0.15) is 65.7 Å². The lowest BCUT2D eigenvalue weighted by atomic mass is 9.45. The van der Waals surface area contributed by atoms with Crippen LogP contribution in [0.5, 0.6) is 0 Å². The summed E-state index contributed by atoms with van der Waals surface area (Å²) in [4.78, 5) is 23.5. The Balaban J connectivity index is 1.68. The van der Waals surface area contributed by atoms with E-state index in [0.29, 0.717) is 24.3 Å². The van der Waals surface area contributed by atoms with E-state index in [1.165, 1.54) is 25.5 Å². The van der Waals surface area contributed by atoms with Crippen LogP contribution in [-0.2, 0) is 9.59 Å². The Morgan fingerprint density at radius 1 is 1.09 bits per heavy atom. The van der Waals surface area contributed by atoms with E-state index in [1.54, 1.807) is 0 Å². The van der Waals surface area contributed by atoms with E-state index < -0.39 is 0 Å². The van der Waals surface area contributed by atoms with Gasteiger partial charge in [-0.1, -0.05) is 20.8 Å². The number of aldehydes is 1. The minimum atomic E-state index is 0.234. The average Bonchev–Trinajstić information content (AvgIpc) is 2.85. The zero-order chi connectivity index (χ0) is 16.4. The summed E-state index contributed by atoms with van der Waals surface area (Å²) in [6.45, 7) is 7.23. The molecular formula is C20H31NO2. The highest BCUT2D eigenvalue weighted by molar-refractivity contribution is 5.77. The van der Waals surface area contributed by atoms with Crippen molar-refractivity contribution in [3.63, 3.8) is 0 Å². The molecule has 1 N–H and O–H groups in total. The van der Waals surface area contributed by atoms with Crippen molar-refractivity contribution in [1.82, 2.24) is 5.32 Å². The maximum Gasteiger partial charge on any atom is 0.220 e. The van der Waals surface area contributed by atoms with Crippen LogP contribution in [0.15, 0.2) is 0 Å². The maximum absolute atomic E-state index is 11.9. The molecular weight excluding hydrogens is 286 g/mol. The van der Waals surface area contributed by atoms with Gasteiger partial charge >= 0.3 is 0 Å². The van der Waals surface area contributed by atoms with Crippen LogP contribution in [-0.4, -0.2) is 18.2 Å². The van der Waals surface area contributed by atoms with E-state index in [0.717, 1.165) is 31.1 Å². The SMILES string of the molecule is CC1CC2NC(=O)CCC2(C)C2CCC3(C)C(C=O)CCC3C12. The van der Waals surface area contributed by atoms with Crippen molar-refractivity contribution < 1.29 is 9.59 Å².